The van der Waals surface area contributed by atoms with Gasteiger partial charge in [0.15, 0.2) is 0 Å². The van der Waals surface area contributed by atoms with E-state index in [1.165, 1.54) is 0 Å². The van der Waals surface area contributed by atoms with E-state index in [-0.39, 0.29) is 17.7 Å². The summed E-state index contributed by atoms with van der Waals surface area (Å²) < 4.78 is 0. The highest BCUT2D eigenvalue weighted by molar-refractivity contribution is 6.34. The molecule has 108 valence electrons. The molecule has 0 aliphatic heterocycles. The molecule has 0 saturated heterocycles. The first-order valence-electron chi connectivity index (χ1n) is 6.12. The molecule has 0 unspecified atom stereocenters. The van der Waals surface area contributed by atoms with Crippen LogP contribution in [0.5, 0.6) is 0 Å². The predicted molar refractivity (Wildman–Crippen MR) is 85.2 cm³/mol. The molecule has 2 rings (SSSR count). The van der Waals surface area contributed by atoms with E-state index in [1.54, 1.807) is 48.5 Å². The summed E-state index contributed by atoms with van der Waals surface area (Å²) in [7, 11) is 0. The first-order valence-corrected chi connectivity index (χ1v) is 7.03. The van der Waals surface area contributed by atoms with Gasteiger partial charge < -0.3 is 10.6 Å². The monoisotopic (exact) mass is 322 g/mol. The zero-order chi connectivity index (χ0) is 15.2. The van der Waals surface area contributed by atoms with Crippen molar-refractivity contribution < 1.29 is 9.59 Å². The Balaban J connectivity index is 2.14. The van der Waals surface area contributed by atoms with Gasteiger partial charge in [-0.15, -0.1) is 11.6 Å². The highest BCUT2D eigenvalue weighted by Gasteiger charge is 2.09. The van der Waals surface area contributed by atoms with Crippen LogP contribution in [-0.2, 0) is 4.79 Å². The lowest BCUT2D eigenvalue weighted by atomic mass is 10.2. The number of halogens is 2. The van der Waals surface area contributed by atoms with Crippen LogP contribution in [0.3, 0.4) is 0 Å². The van der Waals surface area contributed by atoms with Gasteiger partial charge in [0.2, 0.25) is 5.91 Å². The summed E-state index contributed by atoms with van der Waals surface area (Å²) in [6, 6.07) is 13.5. The molecule has 0 bridgehead atoms. The van der Waals surface area contributed by atoms with E-state index >= 15 is 0 Å². The van der Waals surface area contributed by atoms with Crippen molar-refractivity contribution in [2.45, 2.75) is 0 Å². The molecule has 2 aromatic carbocycles. The van der Waals surface area contributed by atoms with Crippen molar-refractivity contribution in [3.05, 3.63) is 59.1 Å². The van der Waals surface area contributed by atoms with Crippen LogP contribution in [0.25, 0.3) is 0 Å². The molecule has 4 nitrogen and oxygen atoms in total. The minimum Gasteiger partial charge on any atom is -0.325 e. The number of carbonyl (C=O) groups is 2. The number of anilines is 2. The maximum atomic E-state index is 12.2. The first kappa shape index (κ1) is 15.4. The van der Waals surface area contributed by atoms with Gasteiger partial charge in [-0.25, -0.2) is 0 Å². The van der Waals surface area contributed by atoms with Crippen molar-refractivity contribution in [3.8, 4) is 0 Å². The summed E-state index contributed by atoms with van der Waals surface area (Å²) in [5.41, 5.74) is 1.44. The Labute approximate surface area is 132 Å². The molecule has 21 heavy (non-hydrogen) atoms. The Morgan fingerprint density at radius 3 is 2.48 bits per heavy atom. The number of hydrogen-bond donors (Lipinski definition) is 2. The normalized spacial score (nSPS) is 10.0. The van der Waals surface area contributed by atoms with Crippen LogP contribution in [0.4, 0.5) is 11.4 Å². The number of hydrogen-bond acceptors (Lipinski definition) is 2. The van der Waals surface area contributed by atoms with Crippen LogP contribution in [-0.4, -0.2) is 17.7 Å². The Hall–Kier alpha value is -2.04. The third-order valence-corrected chi connectivity index (χ3v) is 3.22. The zero-order valence-electron chi connectivity index (χ0n) is 10.9. The number of benzene rings is 2. The molecule has 0 aliphatic carbocycles. The van der Waals surface area contributed by atoms with Gasteiger partial charge >= 0.3 is 0 Å². The van der Waals surface area contributed by atoms with Crippen LogP contribution in [0, 0.1) is 0 Å². The lowest BCUT2D eigenvalue weighted by molar-refractivity contribution is -0.113. The summed E-state index contributed by atoms with van der Waals surface area (Å²) in [5.74, 6) is -0.791. The number of carbonyl (C=O) groups excluding carboxylic acids is 2. The molecule has 0 radical (unpaired) electrons. The largest absolute Gasteiger partial charge is 0.325 e. The Bertz CT molecular complexity index is 674. The van der Waals surface area contributed by atoms with E-state index in [0.717, 1.165) is 0 Å². The average Bonchev–Trinajstić information content (AvgIpc) is 2.49. The molecular weight excluding hydrogens is 311 g/mol. The third kappa shape index (κ3) is 4.21. The van der Waals surface area contributed by atoms with Gasteiger partial charge in [0.1, 0.15) is 5.88 Å². The minimum atomic E-state index is -0.333. The SMILES string of the molecule is O=C(CCl)Nc1cccc(C(=O)Nc2ccccc2Cl)c1. The average molecular weight is 323 g/mol. The van der Waals surface area contributed by atoms with Gasteiger partial charge in [-0.3, -0.25) is 9.59 Å². The molecular formula is C15H12Cl2N2O2. The van der Waals surface area contributed by atoms with Gasteiger partial charge in [-0.05, 0) is 30.3 Å². The van der Waals surface area contributed by atoms with Crippen molar-refractivity contribution >= 4 is 46.4 Å². The number of para-hydroxylation sites is 1. The summed E-state index contributed by atoms with van der Waals surface area (Å²) in [6.45, 7) is 0. The third-order valence-electron chi connectivity index (χ3n) is 2.65. The fourth-order valence-electron chi connectivity index (χ4n) is 1.69. The number of amides is 2. The topological polar surface area (TPSA) is 58.2 Å². The maximum Gasteiger partial charge on any atom is 0.255 e. The number of alkyl halides is 1. The Morgan fingerprint density at radius 2 is 1.76 bits per heavy atom. The zero-order valence-corrected chi connectivity index (χ0v) is 12.4. The molecule has 0 atom stereocenters. The second-order valence-corrected chi connectivity index (χ2v) is 4.87. The molecule has 0 aromatic heterocycles. The molecule has 0 heterocycles. The lowest BCUT2D eigenvalue weighted by Gasteiger charge is -2.08. The number of rotatable bonds is 4. The van der Waals surface area contributed by atoms with Crippen LogP contribution < -0.4 is 10.6 Å². The highest BCUT2D eigenvalue weighted by Crippen LogP contribution is 2.21. The summed E-state index contributed by atoms with van der Waals surface area (Å²) in [5, 5.41) is 5.75. The van der Waals surface area contributed by atoms with E-state index in [4.69, 9.17) is 23.2 Å². The smallest absolute Gasteiger partial charge is 0.255 e. The second kappa shape index (κ2) is 7.11. The van der Waals surface area contributed by atoms with Gasteiger partial charge in [-0.2, -0.15) is 0 Å². The fraction of sp³-hybridized carbons (Fsp3) is 0.0667. The Morgan fingerprint density at radius 1 is 1.00 bits per heavy atom. The van der Waals surface area contributed by atoms with E-state index in [2.05, 4.69) is 10.6 Å². The minimum absolute atomic E-state index is 0.143. The highest BCUT2D eigenvalue weighted by atomic mass is 35.5. The van der Waals surface area contributed by atoms with Crippen molar-refractivity contribution in [3.63, 3.8) is 0 Å². The number of nitrogens with one attached hydrogen (secondary N) is 2. The van der Waals surface area contributed by atoms with Gasteiger partial charge in [0.05, 0.1) is 10.7 Å². The van der Waals surface area contributed by atoms with Crippen LogP contribution >= 0.6 is 23.2 Å². The molecule has 0 spiro atoms. The molecule has 6 heteroatoms. The summed E-state index contributed by atoms with van der Waals surface area (Å²) in [4.78, 5) is 23.4. The van der Waals surface area contributed by atoms with Crippen molar-refractivity contribution in [1.29, 1.82) is 0 Å². The Kier molecular flexibility index (Phi) is 5.20. The molecule has 2 amide bonds. The van der Waals surface area contributed by atoms with E-state index in [9.17, 15) is 9.59 Å². The van der Waals surface area contributed by atoms with E-state index in [0.29, 0.717) is 22.0 Å². The summed E-state index contributed by atoms with van der Waals surface area (Å²) >= 11 is 11.4. The molecule has 2 N–H and O–H groups in total. The molecule has 0 saturated carbocycles. The molecule has 0 fully saturated rings. The van der Waals surface area contributed by atoms with Gasteiger partial charge in [0, 0.05) is 11.3 Å². The second-order valence-electron chi connectivity index (χ2n) is 4.20. The van der Waals surface area contributed by atoms with Crippen LogP contribution in [0.1, 0.15) is 10.4 Å². The fourth-order valence-corrected chi connectivity index (χ4v) is 1.94. The molecule has 0 aliphatic rings. The van der Waals surface area contributed by atoms with Crippen molar-refractivity contribution in [2.24, 2.45) is 0 Å². The van der Waals surface area contributed by atoms with Crippen molar-refractivity contribution in [2.75, 3.05) is 16.5 Å². The summed E-state index contributed by atoms with van der Waals surface area (Å²) in [6.07, 6.45) is 0. The van der Waals surface area contributed by atoms with Crippen LogP contribution in [0.2, 0.25) is 5.02 Å². The quantitative estimate of drug-likeness (QED) is 0.842. The van der Waals surface area contributed by atoms with E-state index in [1.807, 2.05) is 0 Å². The van der Waals surface area contributed by atoms with Crippen molar-refractivity contribution in [1.82, 2.24) is 0 Å². The molecule has 2 aromatic rings. The standard InChI is InChI=1S/C15H12Cl2N2O2/c16-9-14(20)18-11-5-3-4-10(8-11)15(21)19-13-7-2-1-6-12(13)17/h1-8H,9H2,(H,18,20)(H,19,21). The first-order chi connectivity index (χ1) is 10.1. The van der Waals surface area contributed by atoms with E-state index < -0.39 is 0 Å². The predicted octanol–water partition coefficient (Wildman–Crippen LogP) is 3.77. The lowest BCUT2D eigenvalue weighted by Crippen LogP contribution is -2.15. The van der Waals surface area contributed by atoms with Crippen LogP contribution in [0.15, 0.2) is 48.5 Å². The van der Waals surface area contributed by atoms with Gasteiger partial charge in [-0.1, -0.05) is 29.8 Å². The maximum absolute atomic E-state index is 12.2. The van der Waals surface area contributed by atoms with Gasteiger partial charge in [0.25, 0.3) is 5.91 Å².